The predicted octanol–water partition coefficient (Wildman–Crippen LogP) is 5.06. The first-order chi connectivity index (χ1) is 19.1. The van der Waals surface area contributed by atoms with Crippen molar-refractivity contribution in [2.45, 2.75) is 56.1 Å². The molecule has 0 spiro atoms. The number of rotatable bonds is 8. The topological polar surface area (TPSA) is 114 Å². The number of halogens is 4. The van der Waals surface area contributed by atoms with E-state index in [1.165, 1.54) is 12.1 Å². The zero-order chi connectivity index (χ0) is 28.6. The molecule has 2 aliphatic rings. The van der Waals surface area contributed by atoms with E-state index in [2.05, 4.69) is 10.1 Å². The SMILES string of the molecule is NC(=O)c1ccc(OC(F)F)c(F)c1-c1c(Cl)ccc2c1[C@H](O)[C@@](CN[C@H]1CC[C@H](O)CC1)(c1ccccc1)O2. The zero-order valence-electron chi connectivity index (χ0n) is 21.2. The van der Waals surface area contributed by atoms with Crippen LogP contribution in [0.1, 0.15) is 53.3 Å². The van der Waals surface area contributed by atoms with Crippen molar-refractivity contribution in [3.63, 3.8) is 0 Å². The van der Waals surface area contributed by atoms with Gasteiger partial charge >= 0.3 is 6.61 Å². The summed E-state index contributed by atoms with van der Waals surface area (Å²) in [7, 11) is 0. The molecule has 0 radical (unpaired) electrons. The number of aliphatic hydroxyl groups excluding tert-OH is 2. The predicted molar refractivity (Wildman–Crippen MR) is 142 cm³/mol. The summed E-state index contributed by atoms with van der Waals surface area (Å²) < 4.78 is 52.6. The minimum atomic E-state index is -3.33. The van der Waals surface area contributed by atoms with E-state index in [9.17, 15) is 23.8 Å². The van der Waals surface area contributed by atoms with E-state index in [1.54, 1.807) is 24.3 Å². The second-order valence-corrected chi connectivity index (χ2v) is 10.4. The third kappa shape index (κ3) is 5.12. The van der Waals surface area contributed by atoms with E-state index >= 15 is 4.39 Å². The molecule has 1 aliphatic carbocycles. The van der Waals surface area contributed by atoms with E-state index < -0.39 is 41.4 Å². The van der Waals surface area contributed by atoms with Crippen molar-refractivity contribution in [1.82, 2.24) is 5.32 Å². The fourth-order valence-electron chi connectivity index (χ4n) is 5.62. The summed E-state index contributed by atoms with van der Waals surface area (Å²) >= 11 is 6.55. The minimum absolute atomic E-state index is 0.0601. The molecule has 2 atom stereocenters. The average Bonchev–Trinajstić information content (AvgIpc) is 3.22. The van der Waals surface area contributed by atoms with Gasteiger partial charge in [-0.05, 0) is 55.5 Å². The van der Waals surface area contributed by atoms with Crippen LogP contribution < -0.4 is 20.5 Å². The van der Waals surface area contributed by atoms with Gasteiger partial charge in [-0.2, -0.15) is 8.78 Å². The Balaban J connectivity index is 1.64. The Bertz CT molecular complexity index is 1400. The maximum absolute atomic E-state index is 15.8. The number of nitrogens with two attached hydrogens (primary N) is 1. The normalized spacial score (nSPS) is 24.0. The smallest absolute Gasteiger partial charge is 0.387 e. The third-order valence-corrected chi connectivity index (χ3v) is 7.93. The molecule has 3 aromatic carbocycles. The van der Waals surface area contributed by atoms with Crippen LogP contribution in [0.2, 0.25) is 5.02 Å². The Morgan fingerprint density at radius 1 is 1.07 bits per heavy atom. The van der Waals surface area contributed by atoms with Crippen LogP contribution in [0.5, 0.6) is 11.5 Å². The lowest BCUT2D eigenvalue weighted by atomic mass is 9.82. The number of hydrogen-bond donors (Lipinski definition) is 4. The third-order valence-electron chi connectivity index (χ3n) is 7.61. The maximum atomic E-state index is 15.8. The Morgan fingerprint density at radius 3 is 2.42 bits per heavy atom. The van der Waals surface area contributed by atoms with Crippen LogP contribution in [-0.4, -0.2) is 41.4 Å². The van der Waals surface area contributed by atoms with Gasteiger partial charge in [0.15, 0.2) is 17.2 Å². The molecule has 1 fully saturated rings. The van der Waals surface area contributed by atoms with Gasteiger partial charge < -0.3 is 30.7 Å². The zero-order valence-corrected chi connectivity index (χ0v) is 22.0. The maximum Gasteiger partial charge on any atom is 0.387 e. The quantitative estimate of drug-likeness (QED) is 0.298. The van der Waals surface area contributed by atoms with Crippen LogP contribution in [0, 0.1) is 5.82 Å². The molecule has 1 heterocycles. The molecule has 5 rings (SSSR count). The number of ether oxygens (including phenoxy) is 2. The van der Waals surface area contributed by atoms with Crippen LogP contribution in [0.15, 0.2) is 54.6 Å². The standard InChI is InChI=1S/C29H28ClF3N2O5/c30-19-11-13-20-24(23(19)22-18(27(34)38)10-12-21(25(22)31)39-28(32)33)26(37)29(40-20,15-4-2-1-3-5-15)14-35-16-6-8-17(36)9-7-16/h1-5,10-13,16-17,26,28,35-37H,6-9,14H2,(H2,34,38)/t16-,17-,26-,29+/m0/s1. The number of carbonyl (C=O) groups is 1. The van der Waals surface area contributed by atoms with Gasteiger partial charge in [-0.1, -0.05) is 41.9 Å². The summed E-state index contributed by atoms with van der Waals surface area (Å²) in [5.74, 6) is -2.95. The highest BCUT2D eigenvalue weighted by Crippen LogP contribution is 2.55. The van der Waals surface area contributed by atoms with E-state index in [0.717, 1.165) is 25.0 Å². The van der Waals surface area contributed by atoms with Crippen molar-refractivity contribution in [3.05, 3.63) is 82.1 Å². The minimum Gasteiger partial charge on any atom is -0.478 e. The lowest BCUT2D eigenvalue weighted by Crippen LogP contribution is -2.48. The number of primary amides is 1. The molecule has 11 heteroatoms. The van der Waals surface area contributed by atoms with Crippen molar-refractivity contribution >= 4 is 17.5 Å². The van der Waals surface area contributed by atoms with Gasteiger partial charge in [0.1, 0.15) is 11.9 Å². The molecule has 0 bridgehead atoms. The van der Waals surface area contributed by atoms with Gasteiger partial charge in [0.05, 0.1) is 11.7 Å². The largest absolute Gasteiger partial charge is 0.478 e. The molecule has 5 N–H and O–H groups in total. The Hall–Kier alpha value is -3.31. The van der Waals surface area contributed by atoms with E-state index in [0.29, 0.717) is 18.4 Å². The Kier molecular flexibility index (Phi) is 7.96. The monoisotopic (exact) mass is 576 g/mol. The summed E-state index contributed by atoms with van der Waals surface area (Å²) in [5, 5.41) is 25.3. The lowest BCUT2D eigenvalue weighted by Gasteiger charge is -2.36. The van der Waals surface area contributed by atoms with Crippen molar-refractivity contribution < 1.29 is 37.7 Å². The van der Waals surface area contributed by atoms with Gasteiger partial charge in [-0.15, -0.1) is 0 Å². The molecular weight excluding hydrogens is 549 g/mol. The molecular formula is C29H28ClF3N2O5. The van der Waals surface area contributed by atoms with Crippen LogP contribution in [0.25, 0.3) is 11.1 Å². The molecule has 3 aromatic rings. The summed E-state index contributed by atoms with van der Waals surface area (Å²) in [6, 6.07) is 13.9. The fraction of sp³-hybridized carbons (Fsp3) is 0.345. The van der Waals surface area contributed by atoms with Gasteiger partial charge in [-0.25, -0.2) is 4.39 Å². The number of aliphatic hydroxyl groups is 2. The van der Waals surface area contributed by atoms with Crippen LogP contribution in [0.3, 0.4) is 0 Å². The number of alkyl halides is 2. The first-order valence-corrected chi connectivity index (χ1v) is 13.2. The average molecular weight is 577 g/mol. The second-order valence-electron chi connectivity index (χ2n) is 10.0. The van der Waals surface area contributed by atoms with E-state index in [4.69, 9.17) is 22.1 Å². The molecule has 0 aromatic heterocycles. The highest BCUT2D eigenvalue weighted by molar-refractivity contribution is 6.34. The van der Waals surface area contributed by atoms with Crippen LogP contribution >= 0.6 is 11.6 Å². The number of nitrogens with one attached hydrogen (secondary N) is 1. The molecule has 40 heavy (non-hydrogen) atoms. The highest BCUT2D eigenvalue weighted by Gasteiger charge is 2.51. The van der Waals surface area contributed by atoms with E-state index in [-0.39, 0.29) is 46.2 Å². The van der Waals surface area contributed by atoms with Crippen molar-refractivity contribution in [3.8, 4) is 22.6 Å². The summed E-state index contributed by atoms with van der Waals surface area (Å²) in [5.41, 5.74) is 3.91. The molecule has 0 saturated heterocycles. The van der Waals surface area contributed by atoms with E-state index in [1.807, 2.05) is 6.07 Å². The number of fused-ring (bicyclic) bond motifs is 1. The fourth-order valence-corrected chi connectivity index (χ4v) is 5.87. The van der Waals surface area contributed by atoms with Crippen molar-refractivity contribution in [1.29, 1.82) is 0 Å². The van der Waals surface area contributed by atoms with Gasteiger partial charge in [-0.3, -0.25) is 4.79 Å². The molecule has 7 nitrogen and oxygen atoms in total. The summed E-state index contributed by atoms with van der Waals surface area (Å²) in [4.78, 5) is 12.3. The number of carbonyl (C=O) groups excluding carboxylic acids is 1. The Morgan fingerprint density at radius 2 is 1.77 bits per heavy atom. The van der Waals surface area contributed by atoms with Gasteiger partial charge in [0, 0.05) is 34.3 Å². The Labute approximate surface area is 233 Å². The van der Waals surface area contributed by atoms with Crippen molar-refractivity contribution in [2.75, 3.05) is 6.54 Å². The first kappa shape index (κ1) is 28.2. The van der Waals surface area contributed by atoms with Crippen molar-refractivity contribution in [2.24, 2.45) is 5.73 Å². The summed E-state index contributed by atoms with van der Waals surface area (Å²) in [6.07, 6.45) is 0.978. The number of hydrogen-bond acceptors (Lipinski definition) is 6. The van der Waals surface area contributed by atoms with Crippen LogP contribution in [-0.2, 0) is 5.60 Å². The number of amides is 1. The number of benzene rings is 3. The summed E-state index contributed by atoms with van der Waals surface area (Å²) in [6.45, 7) is -3.19. The first-order valence-electron chi connectivity index (χ1n) is 12.9. The highest BCUT2D eigenvalue weighted by atomic mass is 35.5. The molecule has 1 saturated carbocycles. The second kappa shape index (κ2) is 11.3. The van der Waals surface area contributed by atoms with Crippen LogP contribution in [0.4, 0.5) is 13.2 Å². The molecule has 212 valence electrons. The van der Waals surface area contributed by atoms with Gasteiger partial charge in [0.25, 0.3) is 0 Å². The lowest BCUT2D eigenvalue weighted by molar-refractivity contribution is -0.0521. The molecule has 0 unspecified atom stereocenters. The molecule has 1 aliphatic heterocycles. The molecule has 1 amide bonds. The van der Waals surface area contributed by atoms with Gasteiger partial charge in [0.2, 0.25) is 5.91 Å².